The van der Waals surface area contributed by atoms with E-state index >= 15 is 0 Å². The molecule has 0 spiro atoms. The third-order valence-electron chi connectivity index (χ3n) is 10.1. The fourth-order valence-corrected chi connectivity index (χ4v) is 7.51. The Balaban J connectivity index is 1.15. The predicted octanol–water partition coefficient (Wildman–Crippen LogP) is 12.3. The fraction of sp³-hybridized carbons (Fsp3) is 0.0638. The zero-order chi connectivity index (χ0) is 33.0. The van der Waals surface area contributed by atoms with E-state index in [0.29, 0.717) is 5.82 Å². The standard InChI is InChI=1S/C47H34N2/c1-47(2)41-25-13-24-39(45(41)40-28-35-18-9-10-19-36(35)29-42(40)47)37-22-11-20-33(26-37)34-21-12-23-38(27-34)46-48-43(31-14-5-3-6-15-31)30-44(49-46)32-16-7-4-8-17-32/h3-30H,1-2H3. The Bertz CT molecular complexity index is 2450. The van der Waals surface area contributed by atoms with Gasteiger partial charge in [-0.3, -0.25) is 0 Å². The van der Waals surface area contributed by atoms with Gasteiger partial charge in [-0.25, -0.2) is 9.97 Å². The minimum atomic E-state index is -0.0798. The number of nitrogens with zero attached hydrogens (tertiary/aromatic N) is 2. The highest BCUT2D eigenvalue weighted by molar-refractivity contribution is 5.99. The van der Waals surface area contributed by atoms with Crippen molar-refractivity contribution in [2.24, 2.45) is 0 Å². The lowest BCUT2D eigenvalue weighted by atomic mass is 9.81. The van der Waals surface area contributed by atoms with E-state index in [1.54, 1.807) is 0 Å². The maximum absolute atomic E-state index is 5.08. The third kappa shape index (κ3) is 5.05. The first kappa shape index (κ1) is 29.1. The zero-order valence-corrected chi connectivity index (χ0v) is 27.6. The van der Waals surface area contributed by atoms with Gasteiger partial charge in [0, 0.05) is 22.1 Å². The van der Waals surface area contributed by atoms with Crippen molar-refractivity contribution in [3.05, 3.63) is 181 Å². The highest BCUT2D eigenvalue weighted by atomic mass is 14.9. The van der Waals surface area contributed by atoms with E-state index in [0.717, 1.165) is 39.2 Å². The molecule has 0 saturated carbocycles. The van der Waals surface area contributed by atoms with Crippen LogP contribution in [0.4, 0.5) is 0 Å². The molecule has 9 rings (SSSR count). The molecule has 0 bridgehead atoms. The smallest absolute Gasteiger partial charge is 0.160 e. The van der Waals surface area contributed by atoms with E-state index in [1.165, 1.54) is 44.2 Å². The largest absolute Gasteiger partial charge is 0.228 e. The summed E-state index contributed by atoms with van der Waals surface area (Å²) < 4.78 is 0. The average Bonchev–Trinajstić information content (AvgIpc) is 3.39. The first-order valence-electron chi connectivity index (χ1n) is 16.9. The molecule has 0 amide bonds. The van der Waals surface area contributed by atoms with Crippen molar-refractivity contribution in [1.29, 1.82) is 0 Å². The van der Waals surface area contributed by atoms with Gasteiger partial charge in [-0.1, -0.05) is 153 Å². The van der Waals surface area contributed by atoms with E-state index in [2.05, 4.69) is 172 Å². The lowest BCUT2D eigenvalue weighted by Gasteiger charge is -2.22. The minimum absolute atomic E-state index is 0.0798. The molecule has 1 aliphatic carbocycles. The van der Waals surface area contributed by atoms with Gasteiger partial charge in [0.1, 0.15) is 0 Å². The summed E-state index contributed by atoms with van der Waals surface area (Å²) in [5.41, 5.74) is 15.1. The van der Waals surface area contributed by atoms with Crippen molar-refractivity contribution in [2.45, 2.75) is 19.3 Å². The second-order valence-corrected chi connectivity index (χ2v) is 13.5. The summed E-state index contributed by atoms with van der Waals surface area (Å²) in [5.74, 6) is 0.713. The molecule has 0 aliphatic heterocycles. The van der Waals surface area contributed by atoms with Gasteiger partial charge in [0.2, 0.25) is 0 Å². The number of hydrogen-bond acceptors (Lipinski definition) is 2. The normalized spacial score (nSPS) is 12.9. The van der Waals surface area contributed by atoms with Crippen LogP contribution in [0.15, 0.2) is 170 Å². The second kappa shape index (κ2) is 11.5. The molecule has 0 unspecified atom stereocenters. The summed E-state index contributed by atoms with van der Waals surface area (Å²) >= 11 is 0. The summed E-state index contributed by atoms with van der Waals surface area (Å²) in [6, 6.07) is 60.7. The van der Waals surface area contributed by atoms with Gasteiger partial charge in [0.25, 0.3) is 0 Å². The van der Waals surface area contributed by atoms with E-state index in [9.17, 15) is 0 Å². The van der Waals surface area contributed by atoms with Crippen molar-refractivity contribution >= 4 is 10.8 Å². The van der Waals surface area contributed by atoms with Crippen molar-refractivity contribution in [2.75, 3.05) is 0 Å². The third-order valence-corrected chi connectivity index (χ3v) is 10.1. The quantitative estimate of drug-likeness (QED) is 0.190. The molecule has 1 aromatic heterocycles. The number of aromatic nitrogens is 2. The highest BCUT2D eigenvalue weighted by Gasteiger charge is 2.37. The molecule has 2 heteroatoms. The van der Waals surface area contributed by atoms with Crippen LogP contribution in [0, 0.1) is 0 Å². The maximum Gasteiger partial charge on any atom is 0.160 e. The van der Waals surface area contributed by atoms with Gasteiger partial charge in [0.05, 0.1) is 11.4 Å². The molecule has 0 saturated heterocycles. The summed E-state index contributed by atoms with van der Waals surface area (Å²) in [6.45, 7) is 4.71. The molecule has 232 valence electrons. The summed E-state index contributed by atoms with van der Waals surface area (Å²) in [4.78, 5) is 10.2. The van der Waals surface area contributed by atoms with Crippen LogP contribution in [-0.4, -0.2) is 9.97 Å². The van der Waals surface area contributed by atoms with E-state index in [-0.39, 0.29) is 5.41 Å². The zero-order valence-electron chi connectivity index (χ0n) is 27.6. The molecule has 2 nitrogen and oxygen atoms in total. The number of benzene rings is 7. The number of hydrogen-bond donors (Lipinski definition) is 0. The Hall–Kier alpha value is -6.12. The molecule has 0 radical (unpaired) electrons. The van der Waals surface area contributed by atoms with Crippen LogP contribution in [0.25, 0.3) is 78.1 Å². The Labute approximate surface area is 287 Å². The topological polar surface area (TPSA) is 25.8 Å². The van der Waals surface area contributed by atoms with Crippen LogP contribution < -0.4 is 0 Å². The van der Waals surface area contributed by atoms with Gasteiger partial charge in [-0.05, 0) is 85.6 Å². The average molecular weight is 627 g/mol. The Morgan fingerprint density at radius 2 is 0.878 bits per heavy atom. The molecule has 49 heavy (non-hydrogen) atoms. The van der Waals surface area contributed by atoms with Gasteiger partial charge < -0.3 is 0 Å². The lowest BCUT2D eigenvalue weighted by molar-refractivity contribution is 0.661. The van der Waals surface area contributed by atoms with Crippen molar-refractivity contribution in [1.82, 2.24) is 9.97 Å². The van der Waals surface area contributed by atoms with Gasteiger partial charge in [-0.2, -0.15) is 0 Å². The minimum Gasteiger partial charge on any atom is -0.228 e. The molecule has 1 heterocycles. The maximum atomic E-state index is 5.08. The highest BCUT2D eigenvalue weighted by Crippen LogP contribution is 2.53. The molecular weight excluding hydrogens is 593 g/mol. The molecule has 0 fully saturated rings. The van der Waals surface area contributed by atoms with E-state index in [4.69, 9.17) is 9.97 Å². The van der Waals surface area contributed by atoms with Crippen molar-refractivity contribution in [3.8, 4) is 67.3 Å². The summed E-state index contributed by atoms with van der Waals surface area (Å²) in [5, 5.41) is 2.57. The van der Waals surface area contributed by atoms with Crippen LogP contribution in [0.3, 0.4) is 0 Å². The van der Waals surface area contributed by atoms with Crippen LogP contribution in [0.5, 0.6) is 0 Å². The first-order chi connectivity index (χ1) is 24.0. The number of fused-ring (bicyclic) bond motifs is 4. The van der Waals surface area contributed by atoms with Crippen LogP contribution in [0.1, 0.15) is 25.0 Å². The van der Waals surface area contributed by atoms with E-state index in [1.807, 2.05) is 12.1 Å². The SMILES string of the molecule is CC1(C)c2cc3ccccc3cc2-c2c(-c3cccc(-c4cccc(-c5nc(-c6ccccc6)cc(-c6ccccc6)n5)c4)c3)cccc21. The van der Waals surface area contributed by atoms with Gasteiger partial charge in [-0.15, -0.1) is 0 Å². The Kier molecular flexibility index (Phi) is 6.84. The molecular formula is C47H34N2. The molecule has 1 aliphatic rings. The Morgan fingerprint density at radius 1 is 0.367 bits per heavy atom. The molecule has 7 aromatic carbocycles. The fourth-order valence-electron chi connectivity index (χ4n) is 7.51. The second-order valence-electron chi connectivity index (χ2n) is 13.5. The molecule has 8 aromatic rings. The van der Waals surface area contributed by atoms with Crippen LogP contribution in [-0.2, 0) is 5.41 Å². The van der Waals surface area contributed by atoms with Crippen molar-refractivity contribution < 1.29 is 0 Å². The van der Waals surface area contributed by atoms with Gasteiger partial charge >= 0.3 is 0 Å². The molecule has 0 atom stereocenters. The Morgan fingerprint density at radius 3 is 1.53 bits per heavy atom. The van der Waals surface area contributed by atoms with Crippen LogP contribution >= 0.6 is 0 Å². The predicted molar refractivity (Wildman–Crippen MR) is 204 cm³/mol. The van der Waals surface area contributed by atoms with Crippen molar-refractivity contribution in [3.63, 3.8) is 0 Å². The molecule has 0 N–H and O–H groups in total. The van der Waals surface area contributed by atoms with Crippen LogP contribution in [0.2, 0.25) is 0 Å². The summed E-state index contributed by atoms with van der Waals surface area (Å²) in [6.07, 6.45) is 0. The monoisotopic (exact) mass is 626 g/mol. The first-order valence-corrected chi connectivity index (χ1v) is 16.9. The lowest BCUT2D eigenvalue weighted by Crippen LogP contribution is -2.14. The summed E-state index contributed by atoms with van der Waals surface area (Å²) in [7, 11) is 0. The van der Waals surface area contributed by atoms with Gasteiger partial charge in [0.15, 0.2) is 5.82 Å². The van der Waals surface area contributed by atoms with E-state index < -0.39 is 0 Å². The number of rotatable bonds is 5.